The Balaban J connectivity index is 2.72. The lowest BCUT2D eigenvalue weighted by Crippen LogP contribution is -2.44. The van der Waals surface area contributed by atoms with Crippen molar-refractivity contribution in [2.24, 2.45) is 5.92 Å². The molecule has 5 heteroatoms. The highest BCUT2D eigenvalue weighted by Gasteiger charge is 2.45. The standard InChI is InChI=1S/C9H10F3NO/c1-3-7-4-8(14)13(5-7)6(2)9(10,11)12/h1,6-7H,4-5H2,2H3. The van der Waals surface area contributed by atoms with Gasteiger partial charge in [0.05, 0.1) is 0 Å². The second-order valence-corrected chi connectivity index (χ2v) is 3.33. The van der Waals surface area contributed by atoms with E-state index in [1.165, 1.54) is 0 Å². The molecule has 2 atom stereocenters. The van der Waals surface area contributed by atoms with Gasteiger partial charge < -0.3 is 4.90 Å². The van der Waals surface area contributed by atoms with E-state index >= 15 is 0 Å². The van der Waals surface area contributed by atoms with Crippen molar-refractivity contribution in [3.05, 3.63) is 0 Å². The van der Waals surface area contributed by atoms with Crippen LogP contribution in [0.1, 0.15) is 13.3 Å². The fourth-order valence-electron chi connectivity index (χ4n) is 1.39. The number of terminal acetylenes is 1. The molecule has 14 heavy (non-hydrogen) atoms. The molecule has 0 aromatic rings. The smallest absolute Gasteiger partial charge is 0.330 e. The van der Waals surface area contributed by atoms with Crippen LogP contribution in [0.2, 0.25) is 0 Å². The largest absolute Gasteiger partial charge is 0.408 e. The van der Waals surface area contributed by atoms with Crippen molar-refractivity contribution in [3.63, 3.8) is 0 Å². The second-order valence-electron chi connectivity index (χ2n) is 3.33. The zero-order chi connectivity index (χ0) is 10.9. The minimum absolute atomic E-state index is 0.00993. The number of carbonyl (C=O) groups is 1. The predicted octanol–water partition coefficient (Wildman–Crippen LogP) is 1.42. The number of carbonyl (C=O) groups excluding carboxylic acids is 1. The Morgan fingerprint density at radius 2 is 2.21 bits per heavy atom. The zero-order valence-electron chi connectivity index (χ0n) is 7.64. The van der Waals surface area contributed by atoms with E-state index in [-0.39, 0.29) is 18.9 Å². The molecule has 0 radical (unpaired) electrons. The van der Waals surface area contributed by atoms with Gasteiger partial charge in [0.2, 0.25) is 5.91 Å². The molecule has 0 spiro atoms. The van der Waals surface area contributed by atoms with Gasteiger partial charge in [-0.25, -0.2) is 0 Å². The quantitative estimate of drug-likeness (QED) is 0.593. The highest BCUT2D eigenvalue weighted by atomic mass is 19.4. The molecule has 1 aliphatic heterocycles. The van der Waals surface area contributed by atoms with Gasteiger partial charge in [0.1, 0.15) is 6.04 Å². The summed E-state index contributed by atoms with van der Waals surface area (Å²) in [7, 11) is 0. The number of halogens is 3. The third-order valence-corrected chi connectivity index (χ3v) is 2.34. The van der Waals surface area contributed by atoms with Crippen molar-refractivity contribution in [3.8, 4) is 12.3 Å². The molecular formula is C9H10F3NO. The van der Waals surface area contributed by atoms with Crippen molar-refractivity contribution in [1.82, 2.24) is 4.90 Å². The van der Waals surface area contributed by atoms with Crippen LogP contribution in [0, 0.1) is 18.3 Å². The van der Waals surface area contributed by atoms with Gasteiger partial charge in [0.15, 0.2) is 0 Å². The molecule has 0 aromatic carbocycles. The summed E-state index contributed by atoms with van der Waals surface area (Å²) >= 11 is 0. The number of hydrogen-bond acceptors (Lipinski definition) is 1. The fourth-order valence-corrected chi connectivity index (χ4v) is 1.39. The summed E-state index contributed by atoms with van der Waals surface area (Å²) < 4.78 is 36.8. The Morgan fingerprint density at radius 3 is 2.57 bits per heavy atom. The van der Waals surface area contributed by atoms with E-state index in [1.54, 1.807) is 0 Å². The molecule has 1 fully saturated rings. The molecule has 0 aliphatic carbocycles. The fraction of sp³-hybridized carbons (Fsp3) is 0.667. The molecule has 2 nitrogen and oxygen atoms in total. The van der Waals surface area contributed by atoms with Crippen molar-refractivity contribution < 1.29 is 18.0 Å². The summed E-state index contributed by atoms with van der Waals surface area (Å²) in [4.78, 5) is 12.0. The first kappa shape index (κ1) is 10.9. The Labute approximate surface area is 80.1 Å². The lowest BCUT2D eigenvalue weighted by atomic mass is 10.1. The summed E-state index contributed by atoms with van der Waals surface area (Å²) in [5, 5.41) is 0. The average molecular weight is 205 g/mol. The van der Waals surface area contributed by atoms with E-state index in [1.807, 2.05) is 0 Å². The van der Waals surface area contributed by atoms with Crippen LogP contribution in [0.3, 0.4) is 0 Å². The molecule has 1 saturated heterocycles. The van der Waals surface area contributed by atoms with Gasteiger partial charge in [-0.2, -0.15) is 13.2 Å². The third-order valence-electron chi connectivity index (χ3n) is 2.34. The molecule has 1 heterocycles. The molecule has 0 bridgehead atoms. The Hall–Kier alpha value is -1.18. The number of amides is 1. The van der Waals surface area contributed by atoms with Gasteiger partial charge >= 0.3 is 6.18 Å². The Kier molecular flexibility index (Phi) is 2.74. The second kappa shape index (κ2) is 3.52. The first-order valence-electron chi connectivity index (χ1n) is 4.18. The van der Waals surface area contributed by atoms with Crippen LogP contribution in [-0.4, -0.2) is 29.6 Å². The maximum Gasteiger partial charge on any atom is 0.408 e. The molecule has 1 aliphatic rings. The van der Waals surface area contributed by atoms with Gasteiger partial charge in [0.25, 0.3) is 0 Å². The van der Waals surface area contributed by atoms with Crippen LogP contribution < -0.4 is 0 Å². The molecule has 78 valence electrons. The van der Waals surface area contributed by atoms with Crippen LogP contribution in [0.25, 0.3) is 0 Å². The van der Waals surface area contributed by atoms with Crippen molar-refractivity contribution in [2.75, 3.05) is 6.54 Å². The summed E-state index contributed by atoms with van der Waals surface area (Å²) in [6.07, 6.45) is 0.706. The van der Waals surface area contributed by atoms with Gasteiger partial charge in [-0.05, 0) is 6.92 Å². The Bertz CT molecular complexity index is 279. The van der Waals surface area contributed by atoms with Crippen molar-refractivity contribution >= 4 is 5.91 Å². The van der Waals surface area contributed by atoms with E-state index < -0.39 is 18.1 Å². The first-order valence-corrected chi connectivity index (χ1v) is 4.18. The summed E-state index contributed by atoms with van der Waals surface area (Å²) in [5.41, 5.74) is 0. The maximum absolute atomic E-state index is 12.3. The molecule has 0 saturated carbocycles. The van der Waals surface area contributed by atoms with Crippen LogP contribution in [0.15, 0.2) is 0 Å². The number of rotatable bonds is 1. The summed E-state index contributed by atoms with van der Waals surface area (Å²) in [5.74, 6) is 1.40. The number of likely N-dealkylation sites (tertiary alicyclic amines) is 1. The minimum Gasteiger partial charge on any atom is -0.330 e. The molecule has 1 amide bonds. The molecule has 2 unspecified atom stereocenters. The van der Waals surface area contributed by atoms with Gasteiger partial charge in [-0.3, -0.25) is 4.79 Å². The van der Waals surface area contributed by atoms with Crippen molar-refractivity contribution in [2.45, 2.75) is 25.6 Å². The first-order chi connectivity index (χ1) is 6.36. The van der Waals surface area contributed by atoms with Gasteiger partial charge in [0, 0.05) is 18.9 Å². The minimum atomic E-state index is -4.38. The van der Waals surface area contributed by atoms with E-state index in [0.29, 0.717) is 0 Å². The summed E-state index contributed by atoms with van der Waals surface area (Å²) in [6, 6.07) is -1.74. The van der Waals surface area contributed by atoms with Crippen LogP contribution >= 0.6 is 0 Å². The summed E-state index contributed by atoms with van der Waals surface area (Å²) in [6.45, 7) is 0.979. The maximum atomic E-state index is 12.3. The normalized spacial score (nSPS) is 24.9. The van der Waals surface area contributed by atoms with E-state index in [0.717, 1.165) is 11.8 Å². The lowest BCUT2D eigenvalue weighted by molar-refractivity contribution is -0.182. The topological polar surface area (TPSA) is 20.3 Å². The average Bonchev–Trinajstić information content (AvgIpc) is 2.43. The number of hydrogen-bond donors (Lipinski definition) is 0. The molecular weight excluding hydrogens is 195 g/mol. The van der Waals surface area contributed by atoms with E-state index in [2.05, 4.69) is 5.92 Å². The van der Waals surface area contributed by atoms with Crippen LogP contribution in [0.4, 0.5) is 13.2 Å². The zero-order valence-corrected chi connectivity index (χ0v) is 7.64. The number of nitrogens with zero attached hydrogens (tertiary/aromatic N) is 1. The number of alkyl halides is 3. The van der Waals surface area contributed by atoms with Crippen molar-refractivity contribution in [1.29, 1.82) is 0 Å². The highest BCUT2D eigenvalue weighted by Crippen LogP contribution is 2.29. The SMILES string of the molecule is C#CC1CC(=O)N(C(C)C(F)(F)F)C1. The molecule has 0 N–H and O–H groups in total. The Morgan fingerprint density at radius 1 is 1.64 bits per heavy atom. The van der Waals surface area contributed by atoms with E-state index in [4.69, 9.17) is 6.42 Å². The molecule has 1 rings (SSSR count). The predicted molar refractivity (Wildman–Crippen MR) is 44.2 cm³/mol. The van der Waals surface area contributed by atoms with Gasteiger partial charge in [-0.1, -0.05) is 0 Å². The monoisotopic (exact) mass is 205 g/mol. The molecule has 0 aromatic heterocycles. The highest BCUT2D eigenvalue weighted by molar-refractivity contribution is 5.79. The van der Waals surface area contributed by atoms with E-state index in [9.17, 15) is 18.0 Å². The van der Waals surface area contributed by atoms with Crippen LogP contribution in [0.5, 0.6) is 0 Å². The lowest BCUT2D eigenvalue weighted by Gasteiger charge is -2.26. The van der Waals surface area contributed by atoms with Crippen LogP contribution in [-0.2, 0) is 4.79 Å². The van der Waals surface area contributed by atoms with Gasteiger partial charge in [-0.15, -0.1) is 12.3 Å². The third kappa shape index (κ3) is 2.00.